The van der Waals surface area contributed by atoms with Gasteiger partial charge in [0.25, 0.3) is 0 Å². The maximum atomic E-state index is 10.4. The second-order valence-corrected chi connectivity index (χ2v) is 3.08. The number of hydrogen-bond acceptors (Lipinski definition) is 4. The highest BCUT2D eigenvalue weighted by molar-refractivity contribution is 5.85. The molecule has 0 aromatic carbocycles. The Hall–Kier alpha value is -1.14. The highest BCUT2D eigenvalue weighted by atomic mass is 35.5. The van der Waals surface area contributed by atoms with E-state index in [0.29, 0.717) is 0 Å². The number of halogens is 1. The third kappa shape index (κ3) is 2.02. The monoisotopic (exact) mass is 218 g/mol. The van der Waals surface area contributed by atoms with Gasteiger partial charge in [-0.05, 0) is 13.0 Å². The molecule has 2 heterocycles. The van der Waals surface area contributed by atoms with Gasteiger partial charge < -0.3 is 5.32 Å². The van der Waals surface area contributed by atoms with Crippen molar-refractivity contribution in [1.82, 2.24) is 15.1 Å². The standard InChI is InChI=1S/C7H10N4O2.ClH/c12-11(13)7-4-9-10(5-7)6-1-2-8-3-6;/h4-6,8H,1-3H2;1H. The number of nitrogens with zero attached hydrogens (tertiary/aromatic N) is 3. The first-order valence-corrected chi connectivity index (χ1v) is 4.16. The van der Waals surface area contributed by atoms with E-state index < -0.39 is 4.92 Å². The summed E-state index contributed by atoms with van der Waals surface area (Å²) in [6.07, 6.45) is 3.76. The molecule has 14 heavy (non-hydrogen) atoms. The zero-order valence-corrected chi connectivity index (χ0v) is 8.24. The average Bonchev–Trinajstić information content (AvgIpc) is 2.75. The third-order valence-electron chi connectivity index (χ3n) is 2.21. The minimum Gasteiger partial charge on any atom is -0.315 e. The fourth-order valence-corrected chi connectivity index (χ4v) is 1.49. The summed E-state index contributed by atoms with van der Waals surface area (Å²) in [6, 6.07) is 0.272. The number of rotatable bonds is 2. The second kappa shape index (κ2) is 4.39. The van der Waals surface area contributed by atoms with Crippen LogP contribution in [0.25, 0.3) is 0 Å². The third-order valence-corrected chi connectivity index (χ3v) is 2.21. The van der Waals surface area contributed by atoms with Gasteiger partial charge in [-0.25, -0.2) is 0 Å². The first-order chi connectivity index (χ1) is 6.27. The predicted octanol–water partition coefficient (Wildman–Crippen LogP) is 0.747. The highest BCUT2D eigenvalue weighted by Crippen LogP contribution is 2.17. The molecule has 6 nitrogen and oxygen atoms in total. The van der Waals surface area contributed by atoms with Crippen LogP contribution in [-0.4, -0.2) is 27.8 Å². The number of hydrogen-bond donors (Lipinski definition) is 1. The molecule has 1 atom stereocenters. The lowest BCUT2D eigenvalue weighted by atomic mass is 10.3. The lowest BCUT2D eigenvalue weighted by Gasteiger charge is -2.06. The molecule has 78 valence electrons. The molecule has 0 aliphatic carbocycles. The molecule has 1 aromatic heterocycles. The zero-order chi connectivity index (χ0) is 9.26. The largest absolute Gasteiger partial charge is 0.315 e. The SMILES string of the molecule is Cl.O=[N+]([O-])c1cnn(C2CCNC2)c1. The number of aromatic nitrogens is 2. The fourth-order valence-electron chi connectivity index (χ4n) is 1.49. The molecule has 1 aromatic rings. The van der Waals surface area contributed by atoms with Crippen molar-refractivity contribution in [2.24, 2.45) is 0 Å². The summed E-state index contributed by atoms with van der Waals surface area (Å²) in [5.41, 5.74) is 0.0619. The maximum absolute atomic E-state index is 10.4. The van der Waals surface area contributed by atoms with Gasteiger partial charge in [-0.2, -0.15) is 5.10 Å². The van der Waals surface area contributed by atoms with Crippen molar-refractivity contribution in [2.45, 2.75) is 12.5 Å². The van der Waals surface area contributed by atoms with Gasteiger partial charge in [0.15, 0.2) is 0 Å². The summed E-state index contributed by atoms with van der Waals surface area (Å²) in [5, 5.41) is 17.5. The molecule has 1 aliphatic rings. The van der Waals surface area contributed by atoms with Crippen LogP contribution < -0.4 is 5.32 Å². The normalized spacial score (nSPS) is 20.4. The molecular weight excluding hydrogens is 208 g/mol. The quantitative estimate of drug-likeness (QED) is 0.587. The lowest BCUT2D eigenvalue weighted by Crippen LogP contribution is -2.13. The Kier molecular flexibility index (Phi) is 3.43. The molecule has 1 unspecified atom stereocenters. The number of nitrogens with one attached hydrogen (secondary N) is 1. The molecule has 0 amide bonds. The summed E-state index contributed by atoms with van der Waals surface area (Å²) in [6.45, 7) is 1.80. The number of nitro groups is 1. The van der Waals surface area contributed by atoms with E-state index in [9.17, 15) is 10.1 Å². The van der Waals surface area contributed by atoms with E-state index in [4.69, 9.17) is 0 Å². The van der Waals surface area contributed by atoms with Crippen LogP contribution in [0.15, 0.2) is 12.4 Å². The molecular formula is C7H11ClN4O2. The Morgan fingerprint density at radius 2 is 2.50 bits per heavy atom. The Morgan fingerprint density at radius 3 is 3.00 bits per heavy atom. The van der Waals surface area contributed by atoms with Gasteiger partial charge in [0.05, 0.1) is 11.0 Å². The Balaban J connectivity index is 0.000000980. The van der Waals surface area contributed by atoms with Crippen LogP contribution in [0.2, 0.25) is 0 Å². The molecule has 1 saturated heterocycles. The van der Waals surface area contributed by atoms with Crippen molar-refractivity contribution in [3.8, 4) is 0 Å². The lowest BCUT2D eigenvalue weighted by molar-refractivity contribution is -0.385. The van der Waals surface area contributed by atoms with Crippen LogP contribution in [0.3, 0.4) is 0 Å². The fraction of sp³-hybridized carbons (Fsp3) is 0.571. The van der Waals surface area contributed by atoms with Crippen molar-refractivity contribution < 1.29 is 4.92 Å². The van der Waals surface area contributed by atoms with Crippen LogP contribution >= 0.6 is 12.4 Å². The summed E-state index contributed by atoms with van der Waals surface area (Å²) >= 11 is 0. The van der Waals surface area contributed by atoms with Crippen molar-refractivity contribution in [2.75, 3.05) is 13.1 Å². The summed E-state index contributed by atoms with van der Waals surface area (Å²) in [4.78, 5) is 9.94. The Bertz CT molecular complexity index is 321. The molecule has 1 fully saturated rings. The van der Waals surface area contributed by atoms with E-state index in [2.05, 4.69) is 10.4 Å². The molecule has 2 rings (SSSR count). The smallest absolute Gasteiger partial charge is 0.307 e. The Labute approximate surface area is 86.8 Å². The van der Waals surface area contributed by atoms with Crippen LogP contribution in [0, 0.1) is 10.1 Å². The predicted molar refractivity (Wildman–Crippen MR) is 52.7 cm³/mol. The van der Waals surface area contributed by atoms with Gasteiger partial charge in [0.2, 0.25) is 0 Å². The van der Waals surface area contributed by atoms with Crippen molar-refractivity contribution in [3.05, 3.63) is 22.5 Å². The van der Waals surface area contributed by atoms with E-state index in [1.54, 1.807) is 4.68 Å². The van der Waals surface area contributed by atoms with Crippen molar-refractivity contribution >= 4 is 18.1 Å². The van der Waals surface area contributed by atoms with Crippen LogP contribution in [0.5, 0.6) is 0 Å². The first kappa shape index (κ1) is 10.9. The van der Waals surface area contributed by atoms with Crippen LogP contribution in [0.1, 0.15) is 12.5 Å². The zero-order valence-electron chi connectivity index (χ0n) is 7.42. The molecule has 1 N–H and O–H groups in total. The highest BCUT2D eigenvalue weighted by Gasteiger charge is 2.19. The minimum atomic E-state index is -0.425. The Morgan fingerprint density at radius 1 is 1.71 bits per heavy atom. The van der Waals surface area contributed by atoms with E-state index >= 15 is 0 Å². The van der Waals surface area contributed by atoms with Gasteiger partial charge in [0, 0.05) is 6.54 Å². The molecule has 0 bridgehead atoms. The van der Waals surface area contributed by atoms with Crippen LogP contribution in [-0.2, 0) is 0 Å². The molecule has 0 saturated carbocycles. The summed E-state index contributed by atoms with van der Waals surface area (Å²) < 4.78 is 1.66. The van der Waals surface area contributed by atoms with E-state index in [1.807, 2.05) is 0 Å². The van der Waals surface area contributed by atoms with E-state index in [1.165, 1.54) is 12.4 Å². The summed E-state index contributed by atoms with van der Waals surface area (Å²) in [5.74, 6) is 0. The topological polar surface area (TPSA) is 73.0 Å². The van der Waals surface area contributed by atoms with Gasteiger partial charge >= 0.3 is 5.69 Å². The van der Waals surface area contributed by atoms with Crippen molar-refractivity contribution in [1.29, 1.82) is 0 Å². The maximum Gasteiger partial charge on any atom is 0.307 e. The van der Waals surface area contributed by atoms with Gasteiger partial charge in [-0.15, -0.1) is 12.4 Å². The van der Waals surface area contributed by atoms with Gasteiger partial charge in [-0.3, -0.25) is 14.8 Å². The molecule has 0 spiro atoms. The van der Waals surface area contributed by atoms with Crippen LogP contribution in [0.4, 0.5) is 5.69 Å². The average molecular weight is 219 g/mol. The van der Waals surface area contributed by atoms with E-state index in [-0.39, 0.29) is 24.1 Å². The van der Waals surface area contributed by atoms with Gasteiger partial charge in [0.1, 0.15) is 12.4 Å². The van der Waals surface area contributed by atoms with Crippen molar-refractivity contribution in [3.63, 3.8) is 0 Å². The second-order valence-electron chi connectivity index (χ2n) is 3.08. The molecule has 7 heteroatoms. The van der Waals surface area contributed by atoms with E-state index in [0.717, 1.165) is 19.5 Å². The summed E-state index contributed by atoms with van der Waals surface area (Å²) in [7, 11) is 0. The molecule has 0 radical (unpaired) electrons. The first-order valence-electron chi connectivity index (χ1n) is 4.16. The minimum absolute atomic E-state index is 0. The molecule has 1 aliphatic heterocycles. The van der Waals surface area contributed by atoms with Gasteiger partial charge in [-0.1, -0.05) is 0 Å².